The van der Waals surface area contributed by atoms with Gasteiger partial charge in [-0.25, -0.2) is 0 Å². The molecule has 3 rings (SSSR count). The molecule has 1 aliphatic rings. The van der Waals surface area contributed by atoms with Crippen LogP contribution in [0.2, 0.25) is 0 Å². The van der Waals surface area contributed by atoms with E-state index in [2.05, 4.69) is 5.32 Å². The number of amides is 2. The SMILES string of the molecule is CC(=O)Oc1c(C)c(C)c2c(c1C)C=C(C(=O)Nc1ccccc1C(N)=O)CO2. The van der Waals surface area contributed by atoms with Gasteiger partial charge >= 0.3 is 5.97 Å². The topological polar surface area (TPSA) is 108 Å². The van der Waals surface area contributed by atoms with E-state index in [1.165, 1.54) is 6.92 Å². The van der Waals surface area contributed by atoms with E-state index < -0.39 is 17.8 Å². The molecule has 0 atom stereocenters. The Hall–Kier alpha value is -3.61. The molecule has 0 saturated heterocycles. The molecule has 0 bridgehead atoms. The molecule has 150 valence electrons. The highest BCUT2D eigenvalue weighted by molar-refractivity contribution is 6.11. The molecular weight excluding hydrogens is 372 g/mol. The van der Waals surface area contributed by atoms with Gasteiger partial charge in [-0.1, -0.05) is 12.1 Å². The number of nitrogens with one attached hydrogen (secondary N) is 1. The Morgan fingerprint density at radius 3 is 2.41 bits per heavy atom. The first-order valence-corrected chi connectivity index (χ1v) is 9.06. The number of primary amides is 1. The van der Waals surface area contributed by atoms with E-state index in [1.807, 2.05) is 20.8 Å². The van der Waals surface area contributed by atoms with Crippen molar-refractivity contribution in [3.63, 3.8) is 0 Å². The first kappa shape index (κ1) is 20.1. The van der Waals surface area contributed by atoms with Gasteiger partial charge < -0.3 is 20.5 Å². The molecule has 2 amide bonds. The summed E-state index contributed by atoms with van der Waals surface area (Å²) in [4.78, 5) is 35.8. The Kier molecular flexibility index (Phi) is 5.41. The van der Waals surface area contributed by atoms with Gasteiger partial charge in [-0.3, -0.25) is 14.4 Å². The van der Waals surface area contributed by atoms with Crippen molar-refractivity contribution in [3.05, 3.63) is 57.7 Å². The van der Waals surface area contributed by atoms with Crippen LogP contribution in [0.15, 0.2) is 29.8 Å². The zero-order valence-electron chi connectivity index (χ0n) is 16.7. The van der Waals surface area contributed by atoms with E-state index in [0.717, 1.165) is 11.1 Å². The highest BCUT2D eigenvalue weighted by atomic mass is 16.5. The highest BCUT2D eigenvalue weighted by Crippen LogP contribution is 2.41. The monoisotopic (exact) mass is 394 g/mol. The van der Waals surface area contributed by atoms with Gasteiger partial charge in [-0.15, -0.1) is 0 Å². The normalized spacial score (nSPS) is 12.3. The largest absolute Gasteiger partial charge is 0.488 e. The van der Waals surface area contributed by atoms with Gasteiger partial charge in [0.15, 0.2) is 0 Å². The second-order valence-corrected chi connectivity index (χ2v) is 6.86. The van der Waals surface area contributed by atoms with E-state index in [-0.39, 0.29) is 12.2 Å². The lowest BCUT2D eigenvalue weighted by Gasteiger charge is -2.24. The molecule has 0 spiro atoms. The molecule has 0 unspecified atom stereocenters. The fraction of sp³-hybridized carbons (Fsp3) is 0.227. The summed E-state index contributed by atoms with van der Waals surface area (Å²) in [7, 11) is 0. The van der Waals surface area contributed by atoms with E-state index in [0.29, 0.717) is 33.9 Å². The van der Waals surface area contributed by atoms with Crippen LogP contribution in [0, 0.1) is 20.8 Å². The number of esters is 1. The summed E-state index contributed by atoms with van der Waals surface area (Å²) in [6, 6.07) is 6.51. The minimum Gasteiger partial charge on any atom is -0.488 e. The maximum atomic E-state index is 12.8. The molecule has 0 aliphatic carbocycles. The number of rotatable bonds is 4. The Balaban J connectivity index is 1.99. The minimum absolute atomic E-state index is 0.0736. The van der Waals surface area contributed by atoms with E-state index in [1.54, 1.807) is 30.3 Å². The third kappa shape index (κ3) is 3.85. The van der Waals surface area contributed by atoms with Crippen molar-refractivity contribution in [1.29, 1.82) is 0 Å². The lowest BCUT2D eigenvalue weighted by molar-refractivity contribution is -0.132. The predicted molar refractivity (Wildman–Crippen MR) is 109 cm³/mol. The number of ether oxygens (including phenoxy) is 2. The quantitative estimate of drug-likeness (QED) is 0.612. The molecule has 7 heteroatoms. The van der Waals surface area contributed by atoms with E-state index >= 15 is 0 Å². The minimum atomic E-state index is -0.631. The lowest BCUT2D eigenvalue weighted by atomic mass is 9.94. The third-order valence-electron chi connectivity index (χ3n) is 4.90. The van der Waals surface area contributed by atoms with Crippen molar-refractivity contribution >= 4 is 29.5 Å². The number of carbonyl (C=O) groups excluding carboxylic acids is 3. The number of carbonyl (C=O) groups is 3. The molecule has 0 fully saturated rings. The Bertz CT molecular complexity index is 1070. The Labute approximate surface area is 168 Å². The van der Waals surface area contributed by atoms with Gasteiger partial charge in [0.1, 0.15) is 18.1 Å². The number of hydrogen-bond acceptors (Lipinski definition) is 5. The molecule has 29 heavy (non-hydrogen) atoms. The van der Waals surface area contributed by atoms with Gasteiger partial charge in [0.2, 0.25) is 0 Å². The van der Waals surface area contributed by atoms with Crippen LogP contribution >= 0.6 is 0 Å². The molecule has 2 aromatic carbocycles. The first-order valence-electron chi connectivity index (χ1n) is 9.06. The van der Waals surface area contributed by atoms with Crippen LogP contribution in [0.4, 0.5) is 5.69 Å². The molecule has 2 aromatic rings. The Morgan fingerprint density at radius 2 is 1.76 bits per heavy atom. The summed E-state index contributed by atoms with van der Waals surface area (Å²) < 4.78 is 11.2. The average molecular weight is 394 g/mol. The van der Waals surface area contributed by atoms with Crippen LogP contribution < -0.4 is 20.5 Å². The molecule has 0 aromatic heterocycles. The summed E-state index contributed by atoms with van der Waals surface area (Å²) >= 11 is 0. The van der Waals surface area contributed by atoms with Crippen LogP contribution in [-0.2, 0) is 9.59 Å². The number of nitrogens with two attached hydrogens (primary N) is 1. The summed E-state index contributed by atoms with van der Waals surface area (Å²) in [6.07, 6.45) is 1.72. The maximum Gasteiger partial charge on any atom is 0.308 e. The standard InChI is InChI=1S/C22H22N2O5/c1-11-12(2)20-17(13(3)19(11)29-14(4)25)9-15(10-28-20)22(27)24-18-8-6-5-7-16(18)21(23)26/h5-9H,10H2,1-4H3,(H2,23,26)(H,24,27). The number of benzene rings is 2. The number of para-hydroxylation sites is 1. The summed E-state index contributed by atoms with van der Waals surface area (Å²) in [6.45, 7) is 6.96. The van der Waals surface area contributed by atoms with Crippen molar-refractivity contribution in [2.24, 2.45) is 5.73 Å². The molecule has 0 radical (unpaired) electrons. The van der Waals surface area contributed by atoms with Crippen LogP contribution in [0.1, 0.15) is 39.5 Å². The third-order valence-corrected chi connectivity index (χ3v) is 4.90. The van der Waals surface area contributed by atoms with Gasteiger partial charge in [0.25, 0.3) is 11.8 Å². The zero-order valence-corrected chi connectivity index (χ0v) is 16.7. The zero-order chi connectivity index (χ0) is 21.3. The van der Waals surface area contributed by atoms with Crippen LogP contribution in [0.3, 0.4) is 0 Å². The van der Waals surface area contributed by atoms with Crippen molar-refractivity contribution < 1.29 is 23.9 Å². The molecule has 7 nitrogen and oxygen atoms in total. The lowest BCUT2D eigenvalue weighted by Crippen LogP contribution is -2.24. The van der Waals surface area contributed by atoms with Gasteiger partial charge in [0.05, 0.1) is 16.8 Å². The summed E-state index contributed by atoms with van der Waals surface area (Å²) in [5, 5.41) is 2.71. The van der Waals surface area contributed by atoms with E-state index in [9.17, 15) is 14.4 Å². The molecule has 1 heterocycles. The van der Waals surface area contributed by atoms with Gasteiger partial charge in [-0.05, 0) is 50.1 Å². The highest BCUT2D eigenvalue weighted by Gasteiger charge is 2.25. The van der Waals surface area contributed by atoms with Crippen LogP contribution in [0.25, 0.3) is 6.08 Å². The molecule has 0 saturated carbocycles. The molecular formula is C22H22N2O5. The molecule has 3 N–H and O–H groups in total. The van der Waals surface area contributed by atoms with Crippen LogP contribution in [0.5, 0.6) is 11.5 Å². The second-order valence-electron chi connectivity index (χ2n) is 6.86. The summed E-state index contributed by atoms with van der Waals surface area (Å²) in [5.74, 6) is -0.333. The number of hydrogen-bond donors (Lipinski definition) is 2. The van der Waals surface area contributed by atoms with Crippen molar-refractivity contribution in [2.45, 2.75) is 27.7 Å². The second kappa shape index (κ2) is 7.79. The van der Waals surface area contributed by atoms with Crippen LogP contribution in [-0.4, -0.2) is 24.4 Å². The number of anilines is 1. The fourth-order valence-electron chi connectivity index (χ4n) is 3.28. The number of fused-ring (bicyclic) bond motifs is 1. The predicted octanol–water partition coefficient (Wildman–Crippen LogP) is 3.05. The Morgan fingerprint density at radius 1 is 1.07 bits per heavy atom. The smallest absolute Gasteiger partial charge is 0.308 e. The fourth-order valence-corrected chi connectivity index (χ4v) is 3.28. The first-order chi connectivity index (χ1) is 13.7. The average Bonchev–Trinajstić information content (AvgIpc) is 2.69. The van der Waals surface area contributed by atoms with E-state index in [4.69, 9.17) is 15.2 Å². The van der Waals surface area contributed by atoms with Crippen molar-refractivity contribution in [2.75, 3.05) is 11.9 Å². The van der Waals surface area contributed by atoms with Crippen molar-refractivity contribution in [1.82, 2.24) is 0 Å². The van der Waals surface area contributed by atoms with Gasteiger partial charge in [-0.2, -0.15) is 0 Å². The maximum absolute atomic E-state index is 12.8. The van der Waals surface area contributed by atoms with Gasteiger partial charge in [0, 0.05) is 18.1 Å². The van der Waals surface area contributed by atoms with Crippen molar-refractivity contribution in [3.8, 4) is 11.5 Å². The summed E-state index contributed by atoms with van der Waals surface area (Å²) in [5.41, 5.74) is 9.34. The molecule has 1 aliphatic heterocycles.